The van der Waals surface area contributed by atoms with Crippen LogP contribution in [0.1, 0.15) is 38.8 Å². The number of nitrogens with zero attached hydrogens (tertiary/aromatic N) is 2. The Kier molecular flexibility index (Phi) is 8.29. The van der Waals surface area contributed by atoms with Crippen molar-refractivity contribution in [2.75, 3.05) is 25.9 Å². The number of hydrogen-bond acceptors (Lipinski definition) is 2. The molecule has 6 heteroatoms. The summed E-state index contributed by atoms with van der Waals surface area (Å²) in [5, 5.41) is 0.671. The average Bonchev–Trinajstić information content (AvgIpc) is 2.87. The van der Waals surface area contributed by atoms with Crippen LogP contribution in [-0.2, 0) is 6.54 Å². The van der Waals surface area contributed by atoms with Crippen LogP contribution in [-0.4, -0.2) is 35.8 Å². The fourth-order valence-electron chi connectivity index (χ4n) is 2.88. The van der Waals surface area contributed by atoms with Crippen LogP contribution in [0.2, 0.25) is 0 Å². The Morgan fingerprint density at radius 3 is 2.16 bits per heavy atom. The van der Waals surface area contributed by atoms with Crippen LogP contribution in [0.5, 0.6) is 0 Å². The molecule has 1 aromatic heterocycles. The third kappa shape index (κ3) is 6.61. The summed E-state index contributed by atoms with van der Waals surface area (Å²) in [5.74, 6) is 0. The van der Waals surface area contributed by atoms with E-state index < -0.39 is 12.7 Å². The van der Waals surface area contributed by atoms with Gasteiger partial charge >= 0.3 is 6.18 Å². The van der Waals surface area contributed by atoms with E-state index in [0.29, 0.717) is 22.3 Å². The molecule has 142 valence electrons. The molecule has 2 aromatic rings. The minimum absolute atomic E-state index is 0.501. The Labute approximate surface area is 148 Å². The average molecular weight is 357 g/mol. The van der Waals surface area contributed by atoms with Gasteiger partial charge in [-0.1, -0.05) is 26.3 Å². The number of benzene rings is 1. The minimum Gasteiger partial charge on any atom is -0.398 e. The van der Waals surface area contributed by atoms with Crippen molar-refractivity contribution in [1.29, 1.82) is 0 Å². The quantitative estimate of drug-likeness (QED) is 0.710. The summed E-state index contributed by atoms with van der Waals surface area (Å²) in [7, 11) is 2.19. The lowest BCUT2D eigenvalue weighted by molar-refractivity contribution is -0.140. The molecule has 1 fully saturated rings. The molecule has 0 saturated carbocycles. The first-order valence-corrected chi connectivity index (χ1v) is 8.87. The van der Waals surface area contributed by atoms with Crippen molar-refractivity contribution in [2.45, 2.75) is 52.8 Å². The van der Waals surface area contributed by atoms with Crippen molar-refractivity contribution in [2.24, 2.45) is 0 Å². The maximum absolute atomic E-state index is 12.4. The summed E-state index contributed by atoms with van der Waals surface area (Å²) in [6.07, 6.45) is 0.0542. The highest BCUT2D eigenvalue weighted by Crippen LogP contribution is 2.28. The fraction of sp³-hybridized carbons (Fsp3) is 0.579. The fourth-order valence-corrected chi connectivity index (χ4v) is 2.88. The summed E-state index contributed by atoms with van der Waals surface area (Å²) in [6.45, 7) is 7.30. The molecule has 1 aliphatic rings. The predicted octanol–water partition coefficient (Wildman–Crippen LogP) is 5.22. The lowest BCUT2D eigenvalue weighted by atomic mass is 10.1. The number of piperidine rings is 1. The van der Waals surface area contributed by atoms with Gasteiger partial charge in [0.05, 0.1) is 5.52 Å². The van der Waals surface area contributed by atoms with Gasteiger partial charge in [-0.05, 0) is 58.1 Å². The largest absolute Gasteiger partial charge is 0.406 e. The van der Waals surface area contributed by atoms with Crippen LogP contribution in [0.15, 0.2) is 24.3 Å². The second-order valence-corrected chi connectivity index (χ2v) is 6.13. The second-order valence-electron chi connectivity index (χ2n) is 6.13. The highest BCUT2D eigenvalue weighted by molar-refractivity contribution is 5.92. The van der Waals surface area contributed by atoms with E-state index in [-0.39, 0.29) is 0 Å². The summed E-state index contributed by atoms with van der Waals surface area (Å²) in [6, 6.07) is 6.66. The maximum atomic E-state index is 12.4. The van der Waals surface area contributed by atoms with E-state index in [0.717, 1.165) is 0 Å². The summed E-state index contributed by atoms with van der Waals surface area (Å²) < 4.78 is 38.4. The van der Waals surface area contributed by atoms with E-state index in [2.05, 4.69) is 11.9 Å². The molecule has 0 amide bonds. The van der Waals surface area contributed by atoms with Gasteiger partial charge in [0.25, 0.3) is 0 Å². The molecule has 0 bridgehead atoms. The maximum Gasteiger partial charge on any atom is 0.406 e. The van der Waals surface area contributed by atoms with Crippen molar-refractivity contribution < 1.29 is 13.2 Å². The molecule has 3 nitrogen and oxygen atoms in total. The number of fused-ring (bicyclic) bond motifs is 1. The number of likely N-dealkylation sites (tertiary alicyclic amines) is 1. The van der Waals surface area contributed by atoms with Gasteiger partial charge in [0, 0.05) is 16.8 Å². The smallest absolute Gasteiger partial charge is 0.398 e. The molecule has 25 heavy (non-hydrogen) atoms. The van der Waals surface area contributed by atoms with Gasteiger partial charge in [-0.25, -0.2) is 0 Å². The van der Waals surface area contributed by atoms with Crippen molar-refractivity contribution in [3.05, 3.63) is 30.0 Å². The summed E-state index contributed by atoms with van der Waals surface area (Å²) in [5.41, 5.74) is 7.29. The third-order valence-corrected chi connectivity index (χ3v) is 4.10. The lowest BCUT2D eigenvalue weighted by Crippen LogP contribution is -2.24. The van der Waals surface area contributed by atoms with E-state index >= 15 is 0 Å². The van der Waals surface area contributed by atoms with E-state index in [1.54, 1.807) is 31.2 Å². The number of hydrogen-bond donors (Lipinski definition) is 1. The highest BCUT2D eigenvalue weighted by Gasteiger charge is 2.29. The SMILES string of the molecule is CC.CN1CCCCC1.Cc1cc2c(N)cccc2n1CC(F)(F)F. The van der Waals surface area contributed by atoms with E-state index in [1.807, 2.05) is 13.8 Å². The van der Waals surface area contributed by atoms with Gasteiger partial charge in [-0.15, -0.1) is 0 Å². The monoisotopic (exact) mass is 357 g/mol. The number of rotatable bonds is 1. The molecule has 0 aliphatic carbocycles. The van der Waals surface area contributed by atoms with Crippen LogP contribution in [0.25, 0.3) is 10.9 Å². The molecule has 0 unspecified atom stereocenters. The number of anilines is 1. The molecule has 3 rings (SSSR count). The van der Waals surface area contributed by atoms with Crippen LogP contribution >= 0.6 is 0 Å². The Balaban J connectivity index is 0.000000290. The molecular formula is C19H30F3N3. The Hall–Kier alpha value is -1.69. The molecule has 2 heterocycles. The first-order valence-electron chi connectivity index (χ1n) is 8.87. The van der Waals surface area contributed by atoms with Crippen LogP contribution in [0.3, 0.4) is 0 Å². The molecule has 2 N–H and O–H groups in total. The number of aryl methyl sites for hydroxylation is 1. The second kappa shape index (κ2) is 9.70. The first kappa shape index (κ1) is 21.4. The Bertz CT molecular complexity index is 641. The Morgan fingerprint density at radius 1 is 1.08 bits per heavy atom. The zero-order valence-electron chi connectivity index (χ0n) is 15.7. The molecule has 0 atom stereocenters. The summed E-state index contributed by atoms with van der Waals surface area (Å²) in [4.78, 5) is 2.39. The molecule has 1 aliphatic heterocycles. The third-order valence-electron chi connectivity index (χ3n) is 4.10. The molecule has 1 saturated heterocycles. The summed E-state index contributed by atoms with van der Waals surface area (Å²) >= 11 is 0. The van der Waals surface area contributed by atoms with Crippen molar-refractivity contribution in [1.82, 2.24) is 9.47 Å². The van der Waals surface area contributed by atoms with Gasteiger partial charge in [-0.2, -0.15) is 13.2 Å². The zero-order chi connectivity index (χ0) is 19.0. The normalized spacial score (nSPS) is 15.2. The van der Waals surface area contributed by atoms with E-state index in [1.165, 1.54) is 36.9 Å². The minimum atomic E-state index is -4.22. The first-order chi connectivity index (χ1) is 11.8. The van der Waals surface area contributed by atoms with Crippen LogP contribution in [0, 0.1) is 6.92 Å². The zero-order valence-corrected chi connectivity index (χ0v) is 15.7. The van der Waals surface area contributed by atoms with Gasteiger partial charge in [0.2, 0.25) is 0 Å². The number of halogens is 3. The van der Waals surface area contributed by atoms with Gasteiger partial charge in [-0.3, -0.25) is 0 Å². The van der Waals surface area contributed by atoms with Crippen molar-refractivity contribution in [3.63, 3.8) is 0 Å². The molecule has 1 aromatic carbocycles. The van der Waals surface area contributed by atoms with E-state index in [4.69, 9.17) is 5.73 Å². The lowest BCUT2D eigenvalue weighted by Gasteiger charge is -2.20. The van der Waals surface area contributed by atoms with Gasteiger partial charge in [0.15, 0.2) is 0 Å². The molecule has 0 radical (unpaired) electrons. The standard InChI is InChI=1S/C11H11F3N2.C6H13N.C2H6/c1-7-5-8-9(15)3-2-4-10(8)16(7)6-11(12,13)14;1-7-5-3-2-4-6-7;1-2/h2-5H,6,15H2,1H3;2-6H2,1H3;1-2H3. The highest BCUT2D eigenvalue weighted by atomic mass is 19.4. The Morgan fingerprint density at radius 2 is 1.68 bits per heavy atom. The van der Waals surface area contributed by atoms with Crippen molar-refractivity contribution >= 4 is 16.6 Å². The van der Waals surface area contributed by atoms with Crippen LogP contribution in [0.4, 0.5) is 18.9 Å². The topological polar surface area (TPSA) is 34.2 Å². The van der Waals surface area contributed by atoms with Crippen molar-refractivity contribution in [3.8, 4) is 0 Å². The number of nitrogen functional groups attached to an aromatic ring is 1. The molecular weight excluding hydrogens is 327 g/mol. The number of aromatic nitrogens is 1. The number of nitrogens with two attached hydrogens (primary N) is 1. The van der Waals surface area contributed by atoms with Gasteiger partial charge < -0.3 is 15.2 Å². The van der Waals surface area contributed by atoms with E-state index in [9.17, 15) is 13.2 Å². The van der Waals surface area contributed by atoms with Gasteiger partial charge in [0.1, 0.15) is 6.54 Å². The number of alkyl halides is 3. The van der Waals surface area contributed by atoms with Crippen LogP contribution < -0.4 is 5.73 Å². The molecule has 0 spiro atoms. The predicted molar refractivity (Wildman–Crippen MR) is 99.8 cm³/mol.